The molecule has 3 N–H and O–H groups in total. The minimum atomic E-state index is -2.81. The molecule has 3 heterocycles. The average Bonchev–Trinajstić information content (AvgIpc) is 2.90. The van der Waals surface area contributed by atoms with Crippen LogP contribution < -0.4 is 15.8 Å². The normalized spacial score (nSPS) is 10.9. The van der Waals surface area contributed by atoms with E-state index in [4.69, 9.17) is 10.5 Å². The maximum atomic E-state index is 13.6. The zero-order valence-electron chi connectivity index (χ0n) is 20.4. The number of amides is 1. The van der Waals surface area contributed by atoms with E-state index < -0.39 is 24.0 Å². The number of anilines is 1. The van der Waals surface area contributed by atoms with Gasteiger partial charge in [0, 0.05) is 11.3 Å². The number of alkyl halides is 2. The molecule has 12 heteroatoms. The Labute approximate surface area is 215 Å². The highest BCUT2D eigenvalue weighted by Crippen LogP contribution is 2.39. The molecule has 0 atom stereocenters. The van der Waals surface area contributed by atoms with E-state index in [1.165, 1.54) is 37.4 Å². The van der Waals surface area contributed by atoms with Crippen LogP contribution in [0, 0.1) is 12.7 Å². The predicted molar refractivity (Wildman–Crippen MR) is 133 cm³/mol. The van der Waals surface area contributed by atoms with Crippen LogP contribution in [0.3, 0.4) is 0 Å². The van der Waals surface area contributed by atoms with E-state index >= 15 is 0 Å². The summed E-state index contributed by atoms with van der Waals surface area (Å²) < 4.78 is 51.4. The minimum Gasteiger partial charge on any atom is -0.471 e. The van der Waals surface area contributed by atoms with Gasteiger partial charge in [-0.05, 0) is 61.0 Å². The second kappa shape index (κ2) is 11.5. The Morgan fingerprint density at radius 1 is 1.00 bits per heavy atom. The Bertz CT molecular complexity index is 1450. The van der Waals surface area contributed by atoms with Crippen LogP contribution in [0.1, 0.15) is 29.2 Å². The number of aryl methyl sites for hydroxylation is 1. The summed E-state index contributed by atoms with van der Waals surface area (Å²) in [5.41, 5.74) is 8.29. The molecule has 0 aliphatic carbocycles. The number of rotatable bonds is 8. The van der Waals surface area contributed by atoms with Crippen LogP contribution in [0.4, 0.5) is 23.9 Å². The second-order valence-corrected chi connectivity index (χ2v) is 8.09. The second-order valence-electron chi connectivity index (χ2n) is 8.09. The van der Waals surface area contributed by atoms with Gasteiger partial charge in [-0.3, -0.25) is 9.97 Å². The first-order valence-electron chi connectivity index (χ1n) is 11.3. The summed E-state index contributed by atoms with van der Waals surface area (Å²) in [5, 5.41) is 2.54. The van der Waals surface area contributed by atoms with E-state index in [1.54, 1.807) is 31.2 Å². The van der Waals surface area contributed by atoms with Gasteiger partial charge in [-0.1, -0.05) is 6.07 Å². The quantitative estimate of drug-likeness (QED) is 0.330. The molecule has 0 saturated heterocycles. The van der Waals surface area contributed by atoms with Gasteiger partial charge in [0.25, 0.3) is 6.43 Å². The number of pyridine rings is 2. The third-order valence-corrected chi connectivity index (χ3v) is 5.32. The predicted octanol–water partition coefficient (Wildman–Crippen LogP) is 5.00. The molecule has 0 aliphatic rings. The first-order valence-corrected chi connectivity index (χ1v) is 11.3. The standard InChI is InChI=1S/C26H23F3N6O3/c1-14-10-16(11-20(32-14)23(28)29)21-22(15-6-8-17(27)9-7-15)34-25(30)35-24(21)38-13-19-5-3-4-18(33-19)12-31-26(36)37-2/h3-11,23H,12-13H2,1-2H3,(H,31,36)(H2,30,34,35). The van der Waals surface area contributed by atoms with E-state index in [-0.39, 0.29) is 36.2 Å². The fraction of sp³-hybridized carbons (Fsp3) is 0.192. The van der Waals surface area contributed by atoms with Gasteiger partial charge in [0.1, 0.15) is 18.1 Å². The van der Waals surface area contributed by atoms with Crippen molar-refractivity contribution in [1.29, 1.82) is 0 Å². The van der Waals surface area contributed by atoms with Crippen molar-refractivity contribution in [1.82, 2.24) is 25.3 Å². The summed E-state index contributed by atoms with van der Waals surface area (Å²) >= 11 is 0. The van der Waals surface area contributed by atoms with Crippen LogP contribution in [0.15, 0.2) is 54.6 Å². The van der Waals surface area contributed by atoms with Crippen molar-refractivity contribution >= 4 is 12.0 Å². The molecule has 0 spiro atoms. The van der Waals surface area contributed by atoms with Gasteiger partial charge in [-0.2, -0.15) is 4.98 Å². The van der Waals surface area contributed by atoms with Gasteiger partial charge >= 0.3 is 6.09 Å². The lowest BCUT2D eigenvalue weighted by Gasteiger charge is -2.16. The molecule has 4 aromatic rings. The fourth-order valence-electron chi connectivity index (χ4n) is 3.67. The minimum absolute atomic E-state index is 0.0162. The Morgan fingerprint density at radius 2 is 1.74 bits per heavy atom. The first kappa shape index (κ1) is 26.3. The number of halogens is 3. The molecule has 196 valence electrons. The van der Waals surface area contributed by atoms with Gasteiger partial charge in [0.2, 0.25) is 11.8 Å². The highest BCUT2D eigenvalue weighted by molar-refractivity contribution is 5.85. The molecule has 0 bridgehead atoms. The number of hydrogen-bond donors (Lipinski definition) is 2. The number of hydrogen-bond acceptors (Lipinski definition) is 8. The van der Waals surface area contributed by atoms with E-state index in [9.17, 15) is 18.0 Å². The SMILES string of the molecule is COC(=O)NCc1cccc(COc2nc(N)nc(-c3ccc(F)cc3)c2-c2cc(C)nc(C(F)F)c2)n1. The monoisotopic (exact) mass is 524 g/mol. The molecule has 0 aliphatic heterocycles. The molecule has 38 heavy (non-hydrogen) atoms. The van der Waals surface area contributed by atoms with Crippen molar-refractivity contribution < 1.29 is 27.4 Å². The molecule has 0 fully saturated rings. The Morgan fingerprint density at radius 3 is 2.45 bits per heavy atom. The number of nitrogens with zero attached hydrogens (tertiary/aromatic N) is 4. The number of ether oxygens (including phenoxy) is 2. The number of carbonyl (C=O) groups excluding carboxylic acids is 1. The summed E-state index contributed by atoms with van der Waals surface area (Å²) in [4.78, 5) is 28.3. The maximum absolute atomic E-state index is 13.6. The molecule has 0 radical (unpaired) electrons. The van der Waals surface area contributed by atoms with Gasteiger partial charge in [0.05, 0.1) is 36.3 Å². The molecule has 4 rings (SSSR count). The average molecular weight is 525 g/mol. The molecule has 9 nitrogen and oxygen atoms in total. The number of nitrogens with one attached hydrogen (secondary N) is 1. The Hall–Kier alpha value is -4.74. The zero-order chi connectivity index (χ0) is 27.2. The van der Waals surface area contributed by atoms with E-state index in [0.29, 0.717) is 28.2 Å². The van der Waals surface area contributed by atoms with Crippen LogP contribution in [0.5, 0.6) is 5.88 Å². The van der Waals surface area contributed by atoms with Gasteiger partial charge in [-0.25, -0.2) is 22.9 Å². The van der Waals surface area contributed by atoms with Crippen molar-refractivity contribution in [3.05, 3.63) is 83.2 Å². The number of aromatic nitrogens is 4. The number of nitrogen functional groups attached to an aromatic ring is 1. The van der Waals surface area contributed by atoms with Crippen LogP contribution in [-0.2, 0) is 17.9 Å². The summed E-state index contributed by atoms with van der Waals surface area (Å²) in [5.74, 6) is -0.573. The summed E-state index contributed by atoms with van der Waals surface area (Å²) in [6.45, 7) is 1.65. The fourth-order valence-corrected chi connectivity index (χ4v) is 3.67. The van der Waals surface area contributed by atoms with Crippen molar-refractivity contribution in [3.8, 4) is 28.3 Å². The number of alkyl carbamates (subject to hydrolysis) is 1. The topological polar surface area (TPSA) is 125 Å². The van der Waals surface area contributed by atoms with Crippen molar-refractivity contribution in [2.75, 3.05) is 12.8 Å². The van der Waals surface area contributed by atoms with Crippen molar-refractivity contribution in [2.45, 2.75) is 26.5 Å². The Kier molecular flexibility index (Phi) is 8.00. The molecule has 0 unspecified atom stereocenters. The van der Waals surface area contributed by atoms with Crippen LogP contribution in [-0.4, -0.2) is 33.1 Å². The smallest absolute Gasteiger partial charge is 0.407 e. The molecule has 1 amide bonds. The van der Waals surface area contributed by atoms with Gasteiger partial charge < -0.3 is 20.5 Å². The van der Waals surface area contributed by atoms with Crippen LogP contribution in [0.25, 0.3) is 22.4 Å². The Balaban J connectivity index is 1.76. The lowest BCUT2D eigenvalue weighted by molar-refractivity contribution is 0.146. The van der Waals surface area contributed by atoms with Gasteiger partial charge in [0.15, 0.2) is 0 Å². The third kappa shape index (κ3) is 6.33. The van der Waals surface area contributed by atoms with Crippen molar-refractivity contribution in [3.63, 3.8) is 0 Å². The number of nitrogens with two attached hydrogens (primary N) is 1. The largest absolute Gasteiger partial charge is 0.471 e. The molecule has 3 aromatic heterocycles. The maximum Gasteiger partial charge on any atom is 0.407 e. The third-order valence-electron chi connectivity index (χ3n) is 5.32. The molecule has 0 saturated carbocycles. The lowest BCUT2D eigenvalue weighted by Crippen LogP contribution is -2.23. The highest BCUT2D eigenvalue weighted by atomic mass is 19.3. The van der Waals surface area contributed by atoms with Crippen LogP contribution >= 0.6 is 0 Å². The molecular weight excluding hydrogens is 501 g/mol. The lowest BCUT2D eigenvalue weighted by atomic mass is 9.99. The van der Waals surface area contributed by atoms with E-state index in [0.717, 1.165) is 0 Å². The molecule has 1 aromatic carbocycles. The highest BCUT2D eigenvalue weighted by Gasteiger charge is 2.22. The van der Waals surface area contributed by atoms with Gasteiger partial charge in [-0.15, -0.1) is 0 Å². The zero-order valence-corrected chi connectivity index (χ0v) is 20.4. The summed E-state index contributed by atoms with van der Waals surface area (Å²) in [6, 6.07) is 13.5. The van der Waals surface area contributed by atoms with E-state index in [2.05, 4.69) is 30.0 Å². The summed E-state index contributed by atoms with van der Waals surface area (Å²) in [7, 11) is 1.26. The summed E-state index contributed by atoms with van der Waals surface area (Å²) in [6.07, 6.45) is -3.41. The number of benzene rings is 1. The van der Waals surface area contributed by atoms with E-state index in [1.807, 2.05) is 0 Å². The number of carbonyl (C=O) groups is 1. The molecular formula is C26H23F3N6O3. The van der Waals surface area contributed by atoms with Crippen LogP contribution in [0.2, 0.25) is 0 Å². The number of methoxy groups -OCH3 is 1. The first-order chi connectivity index (χ1) is 18.2. The van der Waals surface area contributed by atoms with Crippen molar-refractivity contribution in [2.24, 2.45) is 0 Å².